The molecule has 0 spiro atoms. The van der Waals surface area contributed by atoms with Crippen molar-refractivity contribution < 1.29 is 18.7 Å². The van der Waals surface area contributed by atoms with Gasteiger partial charge in [-0.3, -0.25) is 0 Å². The number of benzene rings is 2. The highest BCUT2D eigenvalue weighted by atomic mass is 35.5. The van der Waals surface area contributed by atoms with Gasteiger partial charge in [0, 0.05) is 24.6 Å². The molecule has 0 saturated carbocycles. The lowest BCUT2D eigenvalue weighted by Crippen LogP contribution is -2.40. The monoisotopic (exact) mass is 545 g/mol. The molecule has 37 heavy (non-hydrogen) atoms. The van der Waals surface area contributed by atoms with Crippen molar-refractivity contribution in [2.75, 3.05) is 26.2 Å². The lowest BCUT2D eigenvalue weighted by Gasteiger charge is -2.33. The zero-order valence-electron chi connectivity index (χ0n) is 21.3. The number of piperidine rings is 1. The molecule has 0 radical (unpaired) electrons. The van der Waals surface area contributed by atoms with Crippen LogP contribution in [0.5, 0.6) is 5.75 Å². The summed E-state index contributed by atoms with van der Waals surface area (Å²) in [7, 11) is 0. The predicted octanol–water partition coefficient (Wildman–Crippen LogP) is 6.61. The number of likely N-dealkylation sites (tertiary alicyclic amines) is 1. The van der Waals surface area contributed by atoms with E-state index in [4.69, 9.17) is 25.2 Å². The third kappa shape index (κ3) is 6.29. The molecule has 4 aromatic rings. The molecule has 1 aliphatic rings. The second-order valence-corrected chi connectivity index (χ2v) is 10.3. The molecule has 0 bridgehead atoms. The van der Waals surface area contributed by atoms with Gasteiger partial charge in [-0.25, -0.2) is 0 Å². The highest BCUT2D eigenvalue weighted by Crippen LogP contribution is 2.34. The Labute approximate surface area is 228 Å². The Morgan fingerprint density at radius 2 is 1.89 bits per heavy atom. The van der Waals surface area contributed by atoms with Gasteiger partial charge >= 0.3 is 0 Å². The highest BCUT2D eigenvalue weighted by Gasteiger charge is 2.23. The molecule has 9 heteroatoms. The molecule has 1 atom stereocenters. The number of furan rings is 1. The summed E-state index contributed by atoms with van der Waals surface area (Å²) in [6.07, 6.45) is 1.54. The lowest BCUT2D eigenvalue weighted by molar-refractivity contribution is 0.0599. The van der Waals surface area contributed by atoms with Gasteiger partial charge in [0.25, 0.3) is 5.89 Å². The minimum absolute atomic E-state index is 0. The van der Waals surface area contributed by atoms with Crippen LogP contribution in [-0.2, 0) is 0 Å². The summed E-state index contributed by atoms with van der Waals surface area (Å²) in [6, 6.07) is 13.9. The molecular formula is C28H33Cl2N3O4. The Morgan fingerprint density at radius 1 is 1.11 bits per heavy atom. The number of ether oxygens (including phenoxy) is 1. The second kappa shape index (κ2) is 11.9. The fraction of sp³-hybridized carbons (Fsp3) is 0.429. The van der Waals surface area contributed by atoms with Crippen LogP contribution >= 0.6 is 24.0 Å². The SMILES string of the molecule is Cc1nnc(-c2cc3c(OC[C@@H](O)CN4CCC(c5ccc(Cl)c(C(C)C)c5)CC4)cccc3o2)o1.Cl. The van der Waals surface area contributed by atoms with Crippen LogP contribution in [0.2, 0.25) is 5.02 Å². The van der Waals surface area contributed by atoms with Crippen LogP contribution < -0.4 is 4.74 Å². The predicted molar refractivity (Wildman–Crippen MR) is 147 cm³/mol. The molecule has 0 aliphatic carbocycles. The topological polar surface area (TPSA) is 84.8 Å². The number of aliphatic hydroxyl groups is 1. The highest BCUT2D eigenvalue weighted by molar-refractivity contribution is 6.31. The minimum Gasteiger partial charge on any atom is -0.490 e. The summed E-state index contributed by atoms with van der Waals surface area (Å²) in [5.74, 6) is 2.89. The molecule has 0 amide bonds. The quantitative estimate of drug-likeness (QED) is 0.266. The largest absolute Gasteiger partial charge is 0.490 e. The first-order valence-corrected chi connectivity index (χ1v) is 12.9. The fourth-order valence-electron chi connectivity index (χ4n) is 4.91. The zero-order valence-corrected chi connectivity index (χ0v) is 22.9. The number of halogens is 2. The summed E-state index contributed by atoms with van der Waals surface area (Å²) in [4.78, 5) is 2.32. The van der Waals surface area contributed by atoms with Crippen LogP contribution in [0.25, 0.3) is 22.6 Å². The molecule has 5 rings (SSSR count). The third-order valence-electron chi connectivity index (χ3n) is 6.86. The summed E-state index contributed by atoms with van der Waals surface area (Å²) >= 11 is 6.38. The van der Waals surface area contributed by atoms with E-state index >= 15 is 0 Å². The molecule has 1 N–H and O–H groups in total. The van der Waals surface area contributed by atoms with Crippen LogP contribution in [0.1, 0.15) is 55.5 Å². The van der Waals surface area contributed by atoms with Crippen molar-refractivity contribution in [2.45, 2.75) is 51.6 Å². The Morgan fingerprint density at radius 3 is 2.59 bits per heavy atom. The first-order chi connectivity index (χ1) is 17.4. The molecule has 1 aliphatic heterocycles. The summed E-state index contributed by atoms with van der Waals surface area (Å²) in [5, 5.41) is 20.2. The van der Waals surface area contributed by atoms with E-state index in [9.17, 15) is 5.11 Å². The molecule has 7 nitrogen and oxygen atoms in total. The molecule has 0 unspecified atom stereocenters. The Hall–Kier alpha value is -2.58. The van der Waals surface area contributed by atoms with Crippen LogP contribution in [0.3, 0.4) is 0 Å². The van der Waals surface area contributed by atoms with Crippen LogP contribution in [0, 0.1) is 6.92 Å². The number of aliphatic hydroxyl groups excluding tert-OH is 1. The summed E-state index contributed by atoms with van der Waals surface area (Å²) < 4.78 is 17.3. The number of hydrogen-bond donors (Lipinski definition) is 1. The van der Waals surface area contributed by atoms with E-state index in [-0.39, 0.29) is 19.0 Å². The Bertz CT molecular complexity index is 1330. The van der Waals surface area contributed by atoms with Crippen molar-refractivity contribution in [2.24, 2.45) is 0 Å². The first-order valence-electron chi connectivity index (χ1n) is 12.5. The van der Waals surface area contributed by atoms with E-state index in [1.165, 1.54) is 11.1 Å². The van der Waals surface area contributed by atoms with Crippen molar-refractivity contribution in [3.8, 4) is 17.4 Å². The maximum atomic E-state index is 10.7. The van der Waals surface area contributed by atoms with E-state index in [0.29, 0.717) is 47.3 Å². The van der Waals surface area contributed by atoms with Crippen molar-refractivity contribution >= 4 is 35.0 Å². The Balaban J connectivity index is 0.00000320. The number of aryl methyl sites for hydroxylation is 1. The zero-order chi connectivity index (χ0) is 25.2. The van der Waals surface area contributed by atoms with E-state index in [0.717, 1.165) is 36.3 Å². The fourth-order valence-corrected chi connectivity index (χ4v) is 5.24. The van der Waals surface area contributed by atoms with Gasteiger partial charge in [-0.05, 0) is 67.1 Å². The van der Waals surface area contributed by atoms with Gasteiger partial charge in [-0.1, -0.05) is 43.6 Å². The Kier molecular flexibility index (Phi) is 8.80. The molecule has 198 valence electrons. The number of aromatic nitrogens is 2. The van der Waals surface area contributed by atoms with E-state index in [2.05, 4.69) is 41.1 Å². The van der Waals surface area contributed by atoms with Gasteiger partial charge in [0.15, 0.2) is 5.76 Å². The van der Waals surface area contributed by atoms with Crippen molar-refractivity contribution in [3.63, 3.8) is 0 Å². The molecule has 1 fully saturated rings. The van der Waals surface area contributed by atoms with Gasteiger partial charge in [-0.2, -0.15) is 0 Å². The maximum absolute atomic E-state index is 10.7. The first kappa shape index (κ1) is 27.5. The molecule has 1 saturated heterocycles. The maximum Gasteiger partial charge on any atom is 0.283 e. The van der Waals surface area contributed by atoms with Crippen LogP contribution in [-0.4, -0.2) is 52.5 Å². The van der Waals surface area contributed by atoms with Gasteiger partial charge in [-0.15, -0.1) is 22.6 Å². The van der Waals surface area contributed by atoms with E-state index in [1.54, 1.807) is 6.92 Å². The number of nitrogens with zero attached hydrogens (tertiary/aromatic N) is 3. The van der Waals surface area contributed by atoms with Gasteiger partial charge in [0.2, 0.25) is 5.89 Å². The van der Waals surface area contributed by atoms with E-state index in [1.807, 2.05) is 30.3 Å². The van der Waals surface area contributed by atoms with Crippen molar-refractivity contribution in [1.29, 1.82) is 0 Å². The number of β-amino-alcohol motifs (C(OH)–C–C–N with tert-alkyl or cyclic N) is 1. The number of hydrogen-bond acceptors (Lipinski definition) is 7. The molecule has 3 heterocycles. The minimum atomic E-state index is -0.593. The normalized spacial score (nSPS) is 15.7. The third-order valence-corrected chi connectivity index (χ3v) is 7.20. The van der Waals surface area contributed by atoms with Gasteiger partial charge < -0.3 is 23.6 Å². The van der Waals surface area contributed by atoms with Crippen molar-refractivity contribution in [1.82, 2.24) is 15.1 Å². The number of fused-ring (bicyclic) bond motifs is 1. The average molecular weight is 546 g/mol. The lowest BCUT2D eigenvalue weighted by atomic mass is 9.87. The van der Waals surface area contributed by atoms with Gasteiger partial charge in [0.1, 0.15) is 24.0 Å². The molecular weight excluding hydrogens is 513 g/mol. The van der Waals surface area contributed by atoms with Crippen molar-refractivity contribution in [3.05, 3.63) is 64.5 Å². The smallest absolute Gasteiger partial charge is 0.283 e. The van der Waals surface area contributed by atoms with Gasteiger partial charge in [0.05, 0.1) is 5.39 Å². The standard InChI is InChI=1S/C28H32ClN3O4.ClH/c1-17(2)22-13-20(7-8-24(22)29)19-9-11-32(12-10-19)15-21(33)16-34-25-5-4-6-26-23(25)14-27(36-26)28-31-30-18(3)35-28;/h4-8,13-14,17,19,21,33H,9-12,15-16H2,1-3H3;1H/t21-;/m0./s1. The molecule has 2 aromatic heterocycles. The molecule has 2 aromatic carbocycles. The summed E-state index contributed by atoms with van der Waals surface area (Å²) in [6.45, 7) is 8.77. The second-order valence-electron chi connectivity index (χ2n) is 9.88. The average Bonchev–Trinajstić information content (AvgIpc) is 3.50. The summed E-state index contributed by atoms with van der Waals surface area (Å²) in [5.41, 5.74) is 3.25. The number of rotatable bonds is 8. The van der Waals surface area contributed by atoms with Crippen LogP contribution in [0.15, 0.2) is 51.3 Å². The van der Waals surface area contributed by atoms with E-state index < -0.39 is 6.10 Å². The van der Waals surface area contributed by atoms with Crippen LogP contribution in [0.4, 0.5) is 0 Å².